The second-order valence-electron chi connectivity index (χ2n) is 5.44. The van der Waals surface area contributed by atoms with Gasteiger partial charge in [0.15, 0.2) is 0 Å². The normalized spacial score (nSPS) is 17.1. The highest BCUT2D eigenvalue weighted by molar-refractivity contribution is 5.85. The number of nitrogens with zero attached hydrogens (tertiary/aromatic N) is 2. The van der Waals surface area contributed by atoms with Gasteiger partial charge < -0.3 is 14.9 Å². The third-order valence-corrected chi connectivity index (χ3v) is 3.87. The lowest BCUT2D eigenvalue weighted by Crippen LogP contribution is -2.41. The fraction of sp³-hybridized carbons (Fsp3) is 0.438. The van der Waals surface area contributed by atoms with Crippen molar-refractivity contribution < 1.29 is 9.90 Å². The first-order valence-corrected chi connectivity index (χ1v) is 6.98. The van der Waals surface area contributed by atoms with Gasteiger partial charge in [0.1, 0.15) is 0 Å². The summed E-state index contributed by atoms with van der Waals surface area (Å²) in [7, 11) is 4.29. The first-order valence-electron chi connectivity index (χ1n) is 6.98. The van der Waals surface area contributed by atoms with Crippen molar-refractivity contribution in [1.82, 2.24) is 4.90 Å². The van der Waals surface area contributed by atoms with Gasteiger partial charge in [0, 0.05) is 30.9 Å². The minimum atomic E-state index is -0.917. The van der Waals surface area contributed by atoms with E-state index >= 15 is 0 Å². The van der Waals surface area contributed by atoms with Crippen LogP contribution in [-0.4, -0.2) is 49.2 Å². The summed E-state index contributed by atoms with van der Waals surface area (Å²) in [5.41, 5.74) is 2.13. The fourth-order valence-electron chi connectivity index (χ4n) is 2.60. The summed E-state index contributed by atoms with van der Waals surface area (Å²) < 4.78 is 0. The SMILES string of the molecule is CN(C)C1CCN(c2ccc(/C=C/C(=O)O)cc2)CC1. The molecule has 0 bridgehead atoms. The van der Waals surface area contributed by atoms with Gasteiger partial charge in [0.25, 0.3) is 0 Å². The van der Waals surface area contributed by atoms with Crippen LogP contribution in [0, 0.1) is 0 Å². The number of hydrogen-bond acceptors (Lipinski definition) is 3. The van der Waals surface area contributed by atoms with Crippen LogP contribution in [-0.2, 0) is 4.79 Å². The van der Waals surface area contributed by atoms with Crippen molar-refractivity contribution in [1.29, 1.82) is 0 Å². The molecule has 2 rings (SSSR count). The van der Waals surface area contributed by atoms with Gasteiger partial charge in [0.2, 0.25) is 0 Å². The summed E-state index contributed by atoms with van der Waals surface area (Å²) in [5.74, 6) is -0.917. The molecular formula is C16H22N2O2. The van der Waals surface area contributed by atoms with Crippen molar-refractivity contribution in [3.05, 3.63) is 35.9 Å². The molecule has 0 atom stereocenters. The standard InChI is InChI=1S/C16H22N2O2/c1-17(2)14-9-11-18(12-10-14)15-6-3-13(4-7-15)5-8-16(19)20/h3-8,14H,9-12H2,1-2H3,(H,19,20)/b8-5+. The summed E-state index contributed by atoms with van der Waals surface area (Å²) in [6.45, 7) is 2.15. The molecule has 0 unspecified atom stereocenters. The van der Waals surface area contributed by atoms with Crippen molar-refractivity contribution in [3.63, 3.8) is 0 Å². The van der Waals surface area contributed by atoms with E-state index in [9.17, 15) is 4.79 Å². The van der Waals surface area contributed by atoms with Crippen LogP contribution in [0.4, 0.5) is 5.69 Å². The van der Waals surface area contributed by atoms with Gasteiger partial charge >= 0.3 is 5.97 Å². The zero-order valence-corrected chi connectivity index (χ0v) is 12.1. The Labute approximate surface area is 120 Å². The summed E-state index contributed by atoms with van der Waals surface area (Å²) in [5, 5.41) is 8.60. The lowest BCUT2D eigenvalue weighted by Gasteiger charge is -2.36. The number of piperidine rings is 1. The molecule has 0 aliphatic carbocycles. The molecule has 0 aromatic heterocycles. The molecule has 0 saturated carbocycles. The third kappa shape index (κ3) is 3.84. The summed E-state index contributed by atoms with van der Waals surface area (Å²) in [6, 6.07) is 8.75. The quantitative estimate of drug-likeness (QED) is 0.856. The molecule has 20 heavy (non-hydrogen) atoms. The second kappa shape index (κ2) is 6.57. The van der Waals surface area contributed by atoms with E-state index < -0.39 is 5.97 Å². The van der Waals surface area contributed by atoms with Gasteiger partial charge in [-0.15, -0.1) is 0 Å². The average molecular weight is 274 g/mol. The molecule has 1 saturated heterocycles. The van der Waals surface area contributed by atoms with Crippen LogP contribution in [0.1, 0.15) is 18.4 Å². The van der Waals surface area contributed by atoms with Crippen molar-refractivity contribution in [2.24, 2.45) is 0 Å². The molecule has 1 aromatic carbocycles. The van der Waals surface area contributed by atoms with Gasteiger partial charge in [-0.1, -0.05) is 12.1 Å². The minimum absolute atomic E-state index is 0.684. The highest BCUT2D eigenvalue weighted by Gasteiger charge is 2.20. The van der Waals surface area contributed by atoms with Crippen molar-refractivity contribution >= 4 is 17.7 Å². The predicted octanol–water partition coefficient (Wildman–Crippen LogP) is 2.31. The van der Waals surface area contributed by atoms with Crippen LogP contribution < -0.4 is 4.90 Å². The molecule has 0 spiro atoms. The molecule has 0 radical (unpaired) electrons. The van der Waals surface area contributed by atoms with E-state index in [4.69, 9.17) is 5.11 Å². The fourth-order valence-corrected chi connectivity index (χ4v) is 2.60. The maximum atomic E-state index is 10.5. The van der Waals surface area contributed by atoms with Crippen LogP contribution in [0.2, 0.25) is 0 Å². The van der Waals surface area contributed by atoms with Crippen LogP contribution in [0.15, 0.2) is 30.3 Å². The number of benzene rings is 1. The average Bonchev–Trinajstić information content (AvgIpc) is 2.46. The van der Waals surface area contributed by atoms with Crippen LogP contribution in [0.3, 0.4) is 0 Å². The van der Waals surface area contributed by atoms with Gasteiger partial charge in [-0.2, -0.15) is 0 Å². The molecule has 108 valence electrons. The molecule has 0 amide bonds. The number of rotatable bonds is 4. The first kappa shape index (κ1) is 14.6. The Hall–Kier alpha value is -1.81. The van der Waals surface area contributed by atoms with E-state index in [1.165, 1.54) is 18.5 Å². The van der Waals surface area contributed by atoms with E-state index in [2.05, 4.69) is 36.0 Å². The van der Waals surface area contributed by atoms with Crippen molar-refractivity contribution in [2.75, 3.05) is 32.1 Å². The zero-order valence-electron chi connectivity index (χ0n) is 12.1. The van der Waals surface area contributed by atoms with E-state index in [0.717, 1.165) is 24.7 Å². The number of carboxylic acids is 1. The molecule has 1 N–H and O–H groups in total. The summed E-state index contributed by atoms with van der Waals surface area (Å²) >= 11 is 0. The predicted molar refractivity (Wildman–Crippen MR) is 82.0 cm³/mol. The Bertz CT molecular complexity index is 472. The van der Waals surface area contributed by atoms with E-state index in [1.54, 1.807) is 6.08 Å². The van der Waals surface area contributed by atoms with Gasteiger partial charge in [-0.3, -0.25) is 0 Å². The van der Waals surface area contributed by atoms with Crippen LogP contribution in [0.25, 0.3) is 6.08 Å². The Morgan fingerprint density at radius 3 is 2.35 bits per heavy atom. The van der Waals surface area contributed by atoms with Crippen LogP contribution in [0.5, 0.6) is 0 Å². The molecule has 4 nitrogen and oxygen atoms in total. The van der Waals surface area contributed by atoms with Crippen molar-refractivity contribution in [3.8, 4) is 0 Å². The van der Waals surface area contributed by atoms with Gasteiger partial charge in [-0.05, 0) is 50.7 Å². The van der Waals surface area contributed by atoms with E-state index in [0.29, 0.717) is 6.04 Å². The molecule has 1 aromatic rings. The summed E-state index contributed by atoms with van der Waals surface area (Å²) in [6.07, 6.45) is 5.16. The Morgan fingerprint density at radius 2 is 1.85 bits per heavy atom. The number of hydrogen-bond donors (Lipinski definition) is 1. The maximum Gasteiger partial charge on any atom is 0.328 e. The monoisotopic (exact) mass is 274 g/mol. The largest absolute Gasteiger partial charge is 0.478 e. The van der Waals surface area contributed by atoms with Crippen LogP contribution >= 0.6 is 0 Å². The number of carboxylic acid groups (broad SMARTS) is 1. The molecule has 1 fully saturated rings. The first-order chi connectivity index (χ1) is 9.56. The van der Waals surface area contributed by atoms with E-state index in [-0.39, 0.29) is 0 Å². The Kier molecular flexibility index (Phi) is 4.79. The third-order valence-electron chi connectivity index (χ3n) is 3.87. The number of carbonyl (C=O) groups is 1. The zero-order chi connectivity index (χ0) is 14.5. The molecule has 1 heterocycles. The van der Waals surface area contributed by atoms with Crippen molar-refractivity contribution in [2.45, 2.75) is 18.9 Å². The lowest BCUT2D eigenvalue weighted by atomic mass is 10.0. The van der Waals surface area contributed by atoms with Gasteiger partial charge in [0.05, 0.1) is 0 Å². The molecular weight excluding hydrogens is 252 g/mol. The smallest absolute Gasteiger partial charge is 0.328 e. The van der Waals surface area contributed by atoms with Gasteiger partial charge in [-0.25, -0.2) is 4.79 Å². The second-order valence-corrected chi connectivity index (χ2v) is 5.44. The Balaban J connectivity index is 1.96. The number of anilines is 1. The topological polar surface area (TPSA) is 43.8 Å². The lowest BCUT2D eigenvalue weighted by molar-refractivity contribution is -0.131. The highest BCUT2D eigenvalue weighted by Crippen LogP contribution is 2.22. The minimum Gasteiger partial charge on any atom is -0.478 e. The maximum absolute atomic E-state index is 10.5. The number of aliphatic carboxylic acids is 1. The van der Waals surface area contributed by atoms with E-state index in [1.807, 2.05) is 12.1 Å². The molecule has 1 aliphatic heterocycles. The highest BCUT2D eigenvalue weighted by atomic mass is 16.4. The molecule has 1 aliphatic rings. The molecule has 4 heteroatoms. The Morgan fingerprint density at radius 1 is 1.25 bits per heavy atom. The summed E-state index contributed by atoms with van der Waals surface area (Å²) in [4.78, 5) is 15.2.